The van der Waals surface area contributed by atoms with Crippen LogP contribution < -0.4 is 16.4 Å². The van der Waals surface area contributed by atoms with Gasteiger partial charge in [0.1, 0.15) is 5.92 Å². The molecule has 0 aromatic heterocycles. The highest BCUT2D eigenvalue weighted by atomic mass is 16.4. The van der Waals surface area contributed by atoms with Gasteiger partial charge < -0.3 is 21.5 Å². The van der Waals surface area contributed by atoms with Crippen LogP contribution in [0.15, 0.2) is 0 Å². The number of hydrogen-bond donors (Lipinski definition) is 4. The Morgan fingerprint density at radius 1 is 1.40 bits per heavy atom. The van der Waals surface area contributed by atoms with E-state index in [4.69, 9.17) is 10.8 Å². The first-order valence-electron chi connectivity index (χ1n) is 4.42. The third-order valence-corrected chi connectivity index (χ3v) is 1.73. The highest BCUT2D eigenvalue weighted by molar-refractivity contribution is 5.97. The number of amides is 2. The molecule has 1 atom stereocenters. The fraction of sp³-hybridized carbons (Fsp3) is 0.625. The Bertz CT molecular complexity index is 254. The first-order valence-corrected chi connectivity index (χ1v) is 4.42. The lowest BCUT2D eigenvalue weighted by Gasteiger charge is -2.11. The van der Waals surface area contributed by atoms with E-state index in [1.165, 1.54) is 0 Å². The maximum Gasteiger partial charge on any atom is 0.316 e. The van der Waals surface area contributed by atoms with Crippen molar-refractivity contribution in [3.8, 4) is 0 Å². The zero-order chi connectivity index (χ0) is 11.8. The third kappa shape index (κ3) is 5.63. The number of carboxylic acid groups (broad SMARTS) is 1. The summed E-state index contributed by atoms with van der Waals surface area (Å²) in [5.41, 5.74) is 4.87. The van der Waals surface area contributed by atoms with Crippen molar-refractivity contribution in [1.29, 1.82) is 0 Å². The summed E-state index contributed by atoms with van der Waals surface area (Å²) in [6, 6.07) is 0. The van der Waals surface area contributed by atoms with E-state index in [1.807, 2.05) is 0 Å². The van der Waals surface area contributed by atoms with Gasteiger partial charge in [-0.25, -0.2) is 0 Å². The number of primary amides is 1. The van der Waals surface area contributed by atoms with Crippen LogP contribution in [0.5, 0.6) is 0 Å². The summed E-state index contributed by atoms with van der Waals surface area (Å²) < 4.78 is 0. The van der Waals surface area contributed by atoms with E-state index in [-0.39, 0.29) is 19.5 Å². The lowest BCUT2D eigenvalue weighted by Crippen LogP contribution is -2.39. The van der Waals surface area contributed by atoms with Gasteiger partial charge in [-0.3, -0.25) is 14.4 Å². The molecule has 0 bridgehead atoms. The van der Waals surface area contributed by atoms with Crippen molar-refractivity contribution in [3.63, 3.8) is 0 Å². The molecule has 86 valence electrons. The molecular weight excluding hydrogens is 202 g/mol. The van der Waals surface area contributed by atoms with Crippen LogP contribution in [0.3, 0.4) is 0 Å². The van der Waals surface area contributed by atoms with E-state index < -0.39 is 23.7 Å². The molecular formula is C8H15N3O4. The first kappa shape index (κ1) is 13.4. The van der Waals surface area contributed by atoms with E-state index in [0.717, 1.165) is 0 Å². The minimum Gasteiger partial charge on any atom is -0.481 e. The highest BCUT2D eigenvalue weighted by Gasteiger charge is 2.25. The molecule has 0 radical (unpaired) electrons. The van der Waals surface area contributed by atoms with Crippen LogP contribution >= 0.6 is 0 Å². The second-order valence-electron chi connectivity index (χ2n) is 2.97. The van der Waals surface area contributed by atoms with E-state index in [2.05, 4.69) is 10.6 Å². The van der Waals surface area contributed by atoms with Crippen LogP contribution in [0, 0.1) is 5.92 Å². The Morgan fingerprint density at radius 2 is 2.00 bits per heavy atom. The molecule has 0 aliphatic carbocycles. The van der Waals surface area contributed by atoms with Crippen LogP contribution in [-0.2, 0) is 14.4 Å². The van der Waals surface area contributed by atoms with Gasteiger partial charge >= 0.3 is 5.97 Å². The second kappa shape index (κ2) is 6.77. The van der Waals surface area contributed by atoms with Gasteiger partial charge in [-0.15, -0.1) is 0 Å². The molecule has 0 saturated heterocycles. The molecule has 0 saturated carbocycles. The number of hydrogen-bond acceptors (Lipinski definition) is 4. The van der Waals surface area contributed by atoms with Crippen LogP contribution in [-0.4, -0.2) is 36.6 Å². The number of nitrogens with one attached hydrogen (secondary N) is 2. The standard InChI is InChI=1S/C8H15N3O4/c1-10-4-11-7(13)5(8(14)15)2-3-6(9)12/h5,10H,2-4H2,1H3,(H2,9,12)(H,11,13)(H,14,15). The predicted molar refractivity (Wildman–Crippen MR) is 51.6 cm³/mol. The summed E-state index contributed by atoms with van der Waals surface area (Å²) >= 11 is 0. The van der Waals surface area contributed by atoms with Crippen molar-refractivity contribution in [2.24, 2.45) is 11.7 Å². The fourth-order valence-corrected chi connectivity index (χ4v) is 0.952. The molecule has 2 amide bonds. The van der Waals surface area contributed by atoms with E-state index in [1.54, 1.807) is 7.05 Å². The van der Waals surface area contributed by atoms with E-state index in [9.17, 15) is 14.4 Å². The zero-order valence-corrected chi connectivity index (χ0v) is 8.45. The topological polar surface area (TPSA) is 122 Å². The van der Waals surface area contributed by atoms with Gasteiger partial charge in [-0.2, -0.15) is 0 Å². The summed E-state index contributed by atoms with van der Waals surface area (Å²) in [5, 5.41) is 13.7. The summed E-state index contributed by atoms with van der Waals surface area (Å²) in [4.78, 5) is 32.4. The molecule has 7 heteroatoms. The molecule has 5 N–H and O–H groups in total. The molecule has 0 spiro atoms. The van der Waals surface area contributed by atoms with Crippen molar-refractivity contribution < 1.29 is 19.5 Å². The van der Waals surface area contributed by atoms with Gasteiger partial charge in [0, 0.05) is 6.42 Å². The van der Waals surface area contributed by atoms with Gasteiger partial charge in [-0.05, 0) is 13.5 Å². The molecule has 0 rings (SSSR count). The molecule has 7 nitrogen and oxygen atoms in total. The largest absolute Gasteiger partial charge is 0.481 e. The molecule has 0 aromatic rings. The number of carboxylic acids is 1. The maximum absolute atomic E-state index is 11.3. The number of nitrogens with two attached hydrogens (primary N) is 1. The minimum absolute atomic E-state index is 0.0831. The summed E-state index contributed by atoms with van der Waals surface area (Å²) in [6.45, 7) is 0.180. The number of rotatable bonds is 7. The number of carbonyl (C=O) groups excluding carboxylic acids is 2. The van der Waals surface area contributed by atoms with Crippen molar-refractivity contribution in [2.75, 3.05) is 13.7 Å². The Kier molecular flexibility index (Phi) is 6.03. The molecule has 1 unspecified atom stereocenters. The fourth-order valence-electron chi connectivity index (χ4n) is 0.952. The SMILES string of the molecule is CNCNC(=O)C(CCC(N)=O)C(=O)O. The van der Waals surface area contributed by atoms with Gasteiger partial charge in [0.25, 0.3) is 0 Å². The second-order valence-corrected chi connectivity index (χ2v) is 2.97. The summed E-state index contributed by atoms with van der Waals surface area (Å²) in [7, 11) is 1.61. The van der Waals surface area contributed by atoms with Crippen LogP contribution in [0.4, 0.5) is 0 Å². The quantitative estimate of drug-likeness (QED) is 0.297. The van der Waals surface area contributed by atoms with Gasteiger partial charge in [0.2, 0.25) is 11.8 Å². The summed E-state index contributed by atoms with van der Waals surface area (Å²) in [5.74, 6) is -3.74. The zero-order valence-electron chi connectivity index (χ0n) is 8.45. The molecule has 0 aliphatic rings. The van der Waals surface area contributed by atoms with Crippen molar-refractivity contribution in [2.45, 2.75) is 12.8 Å². The normalized spacial score (nSPS) is 11.8. The van der Waals surface area contributed by atoms with Crippen molar-refractivity contribution in [1.82, 2.24) is 10.6 Å². The van der Waals surface area contributed by atoms with E-state index in [0.29, 0.717) is 0 Å². The van der Waals surface area contributed by atoms with Crippen molar-refractivity contribution in [3.05, 3.63) is 0 Å². The first-order chi connectivity index (χ1) is 6.99. The molecule has 0 aromatic carbocycles. The molecule has 0 fully saturated rings. The van der Waals surface area contributed by atoms with Crippen molar-refractivity contribution >= 4 is 17.8 Å². The number of carbonyl (C=O) groups is 3. The Labute approximate surface area is 87.0 Å². The lowest BCUT2D eigenvalue weighted by atomic mass is 10.0. The molecule has 0 heterocycles. The van der Waals surface area contributed by atoms with Gasteiger partial charge in [0.15, 0.2) is 0 Å². The molecule has 0 aliphatic heterocycles. The Hall–Kier alpha value is -1.63. The van der Waals surface area contributed by atoms with Crippen LogP contribution in [0.2, 0.25) is 0 Å². The average molecular weight is 217 g/mol. The minimum atomic E-state index is -1.26. The maximum atomic E-state index is 11.3. The van der Waals surface area contributed by atoms with Crippen LogP contribution in [0.25, 0.3) is 0 Å². The monoisotopic (exact) mass is 217 g/mol. The number of aliphatic carboxylic acids is 1. The van der Waals surface area contributed by atoms with E-state index >= 15 is 0 Å². The predicted octanol–water partition coefficient (Wildman–Crippen LogP) is -1.75. The van der Waals surface area contributed by atoms with Gasteiger partial charge in [0.05, 0.1) is 6.67 Å². The average Bonchev–Trinajstić information content (AvgIpc) is 2.13. The lowest BCUT2D eigenvalue weighted by molar-refractivity contribution is -0.147. The Morgan fingerprint density at radius 3 is 2.40 bits per heavy atom. The summed E-state index contributed by atoms with van der Waals surface area (Å²) in [6.07, 6.45) is -0.204. The molecule has 15 heavy (non-hydrogen) atoms. The van der Waals surface area contributed by atoms with Crippen LogP contribution in [0.1, 0.15) is 12.8 Å². The van der Waals surface area contributed by atoms with Gasteiger partial charge in [-0.1, -0.05) is 0 Å². The third-order valence-electron chi connectivity index (χ3n) is 1.73. The smallest absolute Gasteiger partial charge is 0.316 e. The Balaban J connectivity index is 4.19. The highest BCUT2D eigenvalue weighted by Crippen LogP contribution is 2.06.